The zero-order valence-electron chi connectivity index (χ0n) is 12.7. The van der Waals surface area contributed by atoms with Crippen molar-refractivity contribution >= 4 is 17.3 Å². The molecule has 0 saturated carbocycles. The van der Waals surface area contributed by atoms with Crippen LogP contribution in [0.25, 0.3) is 0 Å². The molecule has 0 amide bonds. The Morgan fingerprint density at radius 3 is 2.52 bits per heavy atom. The van der Waals surface area contributed by atoms with Crippen LogP contribution in [0, 0.1) is 5.82 Å². The summed E-state index contributed by atoms with van der Waals surface area (Å²) in [5.41, 5.74) is 0.897. The van der Waals surface area contributed by atoms with Gasteiger partial charge >= 0.3 is 6.18 Å². The van der Waals surface area contributed by atoms with Gasteiger partial charge in [0.2, 0.25) is 0 Å². The largest absolute Gasteiger partial charge is 0.453 e. The Labute approximate surface area is 145 Å². The van der Waals surface area contributed by atoms with Gasteiger partial charge in [-0.15, -0.1) is 0 Å². The average Bonchev–Trinajstić information content (AvgIpc) is 2.56. The number of hydrogen-bond donors (Lipinski definition) is 1. The minimum absolute atomic E-state index is 0.183. The maximum Gasteiger partial charge on any atom is 0.416 e. The second kappa shape index (κ2) is 6.55. The third kappa shape index (κ3) is 3.56. The summed E-state index contributed by atoms with van der Waals surface area (Å²) < 4.78 is 57.4. The molecule has 25 heavy (non-hydrogen) atoms. The molecule has 1 aliphatic carbocycles. The zero-order chi connectivity index (χ0) is 18.2. The molecule has 0 atom stereocenters. The van der Waals surface area contributed by atoms with E-state index in [4.69, 9.17) is 21.5 Å². The standard InChI is InChI=1S/C17H12ClF4NO2/c18-13-6-10(17(20,21)22)7-14(19)16(13)25-11-5-4-9-2-1-3-15(23-24)12(9)8-11/h4-8,24H,1-3H2. The van der Waals surface area contributed by atoms with Crippen molar-refractivity contribution in [1.82, 2.24) is 0 Å². The second-order valence-corrected chi connectivity index (χ2v) is 6.00. The Morgan fingerprint density at radius 2 is 1.88 bits per heavy atom. The Bertz CT molecular complexity index is 826. The lowest BCUT2D eigenvalue weighted by Gasteiger charge is -2.18. The van der Waals surface area contributed by atoms with Crippen LogP contribution in [0.1, 0.15) is 29.5 Å². The van der Waals surface area contributed by atoms with Gasteiger partial charge in [-0.25, -0.2) is 4.39 Å². The number of ether oxygens (including phenoxy) is 1. The predicted octanol–water partition coefficient (Wildman–Crippen LogP) is 5.80. The van der Waals surface area contributed by atoms with Crippen LogP contribution >= 0.6 is 11.6 Å². The highest BCUT2D eigenvalue weighted by atomic mass is 35.5. The number of benzene rings is 2. The molecular weight excluding hydrogens is 362 g/mol. The van der Waals surface area contributed by atoms with Gasteiger partial charge in [0, 0.05) is 5.56 Å². The molecular formula is C17H12ClF4NO2. The van der Waals surface area contributed by atoms with Gasteiger partial charge in [0.05, 0.1) is 16.3 Å². The van der Waals surface area contributed by atoms with Crippen molar-refractivity contribution < 1.29 is 27.5 Å². The first kappa shape index (κ1) is 17.5. The van der Waals surface area contributed by atoms with E-state index in [0.29, 0.717) is 29.8 Å². The smallest absolute Gasteiger partial charge is 0.416 e. The van der Waals surface area contributed by atoms with E-state index in [-0.39, 0.29) is 5.75 Å². The molecule has 0 saturated heterocycles. The number of oxime groups is 1. The van der Waals surface area contributed by atoms with E-state index in [2.05, 4.69) is 5.16 Å². The maximum absolute atomic E-state index is 14.0. The van der Waals surface area contributed by atoms with Crippen LogP contribution in [0.3, 0.4) is 0 Å². The fraction of sp³-hybridized carbons (Fsp3) is 0.235. The lowest BCUT2D eigenvalue weighted by molar-refractivity contribution is -0.137. The molecule has 0 spiro atoms. The highest BCUT2D eigenvalue weighted by Gasteiger charge is 2.32. The number of nitrogens with zero attached hydrogens (tertiary/aromatic N) is 1. The van der Waals surface area contributed by atoms with Gasteiger partial charge in [-0.2, -0.15) is 13.2 Å². The quantitative estimate of drug-likeness (QED) is 0.410. The first-order valence-corrected chi connectivity index (χ1v) is 7.75. The van der Waals surface area contributed by atoms with E-state index in [1.807, 2.05) is 0 Å². The van der Waals surface area contributed by atoms with Crippen molar-refractivity contribution in [1.29, 1.82) is 0 Å². The molecule has 1 N–H and O–H groups in total. The van der Waals surface area contributed by atoms with Crippen LogP contribution in [0.4, 0.5) is 17.6 Å². The van der Waals surface area contributed by atoms with Crippen molar-refractivity contribution in [3.8, 4) is 11.5 Å². The zero-order valence-corrected chi connectivity index (χ0v) is 13.5. The fourth-order valence-electron chi connectivity index (χ4n) is 2.73. The number of fused-ring (bicyclic) bond motifs is 1. The van der Waals surface area contributed by atoms with Crippen LogP contribution in [0.2, 0.25) is 5.02 Å². The fourth-order valence-corrected chi connectivity index (χ4v) is 2.98. The Balaban J connectivity index is 1.96. The van der Waals surface area contributed by atoms with Crippen molar-refractivity contribution in [3.05, 3.63) is 57.9 Å². The molecule has 3 nitrogen and oxygen atoms in total. The van der Waals surface area contributed by atoms with Crippen molar-refractivity contribution in [2.75, 3.05) is 0 Å². The summed E-state index contributed by atoms with van der Waals surface area (Å²) in [6, 6.07) is 5.80. The SMILES string of the molecule is ON=C1CCCc2ccc(Oc3c(F)cc(C(F)(F)F)cc3Cl)cc21. The summed E-state index contributed by atoms with van der Waals surface area (Å²) in [7, 11) is 0. The van der Waals surface area contributed by atoms with E-state index in [1.165, 1.54) is 0 Å². The summed E-state index contributed by atoms with van der Waals surface area (Å²) in [4.78, 5) is 0. The number of aryl methyl sites for hydroxylation is 1. The Kier molecular flexibility index (Phi) is 4.60. The summed E-state index contributed by atoms with van der Waals surface area (Å²) in [5, 5.41) is 11.8. The van der Waals surface area contributed by atoms with Crippen LogP contribution in [-0.4, -0.2) is 10.9 Å². The van der Waals surface area contributed by atoms with Crippen LogP contribution < -0.4 is 4.74 Å². The molecule has 0 fully saturated rings. The molecule has 132 valence electrons. The monoisotopic (exact) mass is 373 g/mol. The maximum atomic E-state index is 14.0. The first-order chi connectivity index (χ1) is 11.8. The van der Waals surface area contributed by atoms with Crippen LogP contribution in [0.15, 0.2) is 35.5 Å². The normalized spacial score (nSPS) is 16.0. The topological polar surface area (TPSA) is 41.8 Å². The Hall–Kier alpha value is -2.28. The van der Waals surface area contributed by atoms with E-state index in [9.17, 15) is 17.6 Å². The molecule has 2 aromatic carbocycles. The van der Waals surface area contributed by atoms with E-state index in [0.717, 1.165) is 18.4 Å². The molecule has 1 aliphatic rings. The minimum Gasteiger partial charge on any atom is -0.453 e. The summed E-state index contributed by atoms with van der Waals surface area (Å²) in [6.45, 7) is 0. The molecule has 0 unspecified atom stereocenters. The highest BCUT2D eigenvalue weighted by molar-refractivity contribution is 6.32. The summed E-state index contributed by atoms with van der Waals surface area (Å²) >= 11 is 5.76. The predicted molar refractivity (Wildman–Crippen MR) is 84.2 cm³/mol. The third-order valence-electron chi connectivity index (χ3n) is 3.92. The van der Waals surface area contributed by atoms with E-state index >= 15 is 0 Å². The van der Waals surface area contributed by atoms with E-state index < -0.39 is 28.3 Å². The number of alkyl halides is 3. The van der Waals surface area contributed by atoms with Crippen LogP contribution in [0.5, 0.6) is 11.5 Å². The summed E-state index contributed by atoms with van der Waals surface area (Å²) in [5.74, 6) is -1.52. The molecule has 0 bridgehead atoms. The van der Waals surface area contributed by atoms with Gasteiger partial charge in [-0.05, 0) is 49.1 Å². The lowest BCUT2D eigenvalue weighted by Crippen LogP contribution is -2.12. The molecule has 0 aromatic heterocycles. The molecule has 0 aliphatic heterocycles. The van der Waals surface area contributed by atoms with Gasteiger partial charge in [-0.1, -0.05) is 22.8 Å². The van der Waals surface area contributed by atoms with Gasteiger partial charge < -0.3 is 9.94 Å². The molecule has 0 heterocycles. The number of rotatable bonds is 2. The van der Waals surface area contributed by atoms with Gasteiger partial charge in [0.25, 0.3) is 0 Å². The Morgan fingerprint density at radius 1 is 1.12 bits per heavy atom. The summed E-state index contributed by atoms with van der Waals surface area (Å²) in [6.07, 6.45) is -2.49. The minimum atomic E-state index is -4.71. The average molecular weight is 374 g/mol. The molecule has 0 radical (unpaired) electrons. The van der Waals surface area contributed by atoms with Gasteiger partial charge in [-0.3, -0.25) is 0 Å². The first-order valence-electron chi connectivity index (χ1n) is 7.38. The number of halogens is 5. The van der Waals surface area contributed by atoms with Crippen molar-refractivity contribution in [2.45, 2.75) is 25.4 Å². The van der Waals surface area contributed by atoms with E-state index in [1.54, 1.807) is 18.2 Å². The third-order valence-corrected chi connectivity index (χ3v) is 4.20. The highest BCUT2D eigenvalue weighted by Crippen LogP contribution is 2.39. The molecule has 8 heteroatoms. The van der Waals surface area contributed by atoms with Gasteiger partial charge in [0.15, 0.2) is 11.6 Å². The molecule has 2 aromatic rings. The van der Waals surface area contributed by atoms with Crippen molar-refractivity contribution in [3.63, 3.8) is 0 Å². The van der Waals surface area contributed by atoms with Gasteiger partial charge in [0.1, 0.15) is 5.75 Å². The number of hydrogen-bond acceptors (Lipinski definition) is 3. The van der Waals surface area contributed by atoms with Crippen molar-refractivity contribution in [2.24, 2.45) is 5.16 Å². The molecule has 3 rings (SSSR count). The lowest BCUT2D eigenvalue weighted by atomic mass is 9.90. The second-order valence-electron chi connectivity index (χ2n) is 5.59. The van der Waals surface area contributed by atoms with Crippen LogP contribution in [-0.2, 0) is 12.6 Å².